The van der Waals surface area contributed by atoms with Gasteiger partial charge in [-0.2, -0.15) is 0 Å². The maximum Gasteiger partial charge on any atom is 0.269 e. The van der Waals surface area contributed by atoms with Crippen molar-refractivity contribution in [1.29, 1.82) is 0 Å². The number of hydrogen-bond acceptors (Lipinski definition) is 5. The first-order valence-electron chi connectivity index (χ1n) is 6.78. The Morgan fingerprint density at radius 3 is 3.05 bits per heavy atom. The second-order valence-electron chi connectivity index (χ2n) is 5.03. The number of hydrogen-bond donors (Lipinski definition) is 1. The molecule has 1 aromatic rings. The fourth-order valence-corrected chi connectivity index (χ4v) is 2.35. The van der Waals surface area contributed by atoms with E-state index in [0.717, 1.165) is 0 Å². The van der Waals surface area contributed by atoms with Crippen LogP contribution in [0.15, 0.2) is 24.3 Å². The zero-order valence-electron chi connectivity index (χ0n) is 11.8. The second-order valence-corrected chi connectivity index (χ2v) is 5.03. The van der Waals surface area contributed by atoms with Crippen LogP contribution in [0.25, 0.3) is 0 Å². The van der Waals surface area contributed by atoms with Crippen LogP contribution in [-0.4, -0.2) is 53.2 Å². The largest absolute Gasteiger partial charge is 0.394 e. The standard InChI is InChI=1S/C14H18N2O5/c1-10(11-3-2-4-12(7-11)16(19)20)14(18)15-5-6-21-13(8-15)9-17/h2-4,7,10,13,17H,5-6,8-9H2,1H3. The van der Waals surface area contributed by atoms with E-state index in [4.69, 9.17) is 9.84 Å². The molecule has 0 aromatic heterocycles. The molecule has 2 atom stereocenters. The number of carbonyl (C=O) groups is 1. The minimum absolute atomic E-state index is 0.0256. The number of amides is 1. The van der Waals surface area contributed by atoms with Crippen molar-refractivity contribution >= 4 is 11.6 Å². The minimum Gasteiger partial charge on any atom is -0.394 e. The maximum atomic E-state index is 12.5. The lowest BCUT2D eigenvalue weighted by Gasteiger charge is -2.33. The fourth-order valence-electron chi connectivity index (χ4n) is 2.35. The van der Waals surface area contributed by atoms with E-state index in [9.17, 15) is 14.9 Å². The lowest BCUT2D eigenvalue weighted by atomic mass is 9.98. The van der Waals surface area contributed by atoms with Gasteiger partial charge in [-0.15, -0.1) is 0 Å². The van der Waals surface area contributed by atoms with E-state index in [2.05, 4.69) is 0 Å². The van der Waals surface area contributed by atoms with Crippen molar-refractivity contribution in [3.63, 3.8) is 0 Å². The van der Waals surface area contributed by atoms with Crippen molar-refractivity contribution < 1.29 is 19.6 Å². The normalized spacial score (nSPS) is 20.1. The Hall–Kier alpha value is -1.99. The average molecular weight is 294 g/mol. The molecule has 1 aliphatic rings. The van der Waals surface area contributed by atoms with Gasteiger partial charge in [0.2, 0.25) is 5.91 Å². The van der Waals surface area contributed by atoms with Gasteiger partial charge in [-0.3, -0.25) is 14.9 Å². The minimum atomic E-state index is -0.475. The van der Waals surface area contributed by atoms with Crippen molar-refractivity contribution in [3.8, 4) is 0 Å². The first-order valence-corrected chi connectivity index (χ1v) is 6.78. The topological polar surface area (TPSA) is 92.9 Å². The molecule has 0 bridgehead atoms. The number of nitro groups is 1. The van der Waals surface area contributed by atoms with Crippen LogP contribution in [-0.2, 0) is 9.53 Å². The molecule has 0 spiro atoms. The van der Waals surface area contributed by atoms with Gasteiger partial charge < -0.3 is 14.7 Å². The summed E-state index contributed by atoms with van der Waals surface area (Å²) in [6, 6.07) is 6.11. The number of rotatable bonds is 4. The number of benzene rings is 1. The fraction of sp³-hybridized carbons (Fsp3) is 0.500. The second kappa shape index (κ2) is 6.64. The quantitative estimate of drug-likeness (QED) is 0.658. The summed E-state index contributed by atoms with van der Waals surface area (Å²) in [5.41, 5.74) is 0.587. The Morgan fingerprint density at radius 2 is 2.38 bits per heavy atom. The van der Waals surface area contributed by atoms with E-state index in [1.54, 1.807) is 24.0 Å². The molecule has 0 aliphatic carbocycles. The summed E-state index contributed by atoms with van der Waals surface area (Å²) >= 11 is 0. The molecule has 1 aromatic carbocycles. The predicted molar refractivity (Wildman–Crippen MR) is 74.9 cm³/mol. The van der Waals surface area contributed by atoms with Gasteiger partial charge in [0.1, 0.15) is 0 Å². The summed E-state index contributed by atoms with van der Waals surface area (Å²) in [5.74, 6) is -0.584. The van der Waals surface area contributed by atoms with Crippen LogP contribution in [0.2, 0.25) is 0 Å². The third-order valence-electron chi connectivity index (χ3n) is 3.61. The number of nitro benzene ring substituents is 1. The number of carbonyl (C=O) groups excluding carboxylic acids is 1. The van der Waals surface area contributed by atoms with Crippen LogP contribution in [0.3, 0.4) is 0 Å². The molecule has 21 heavy (non-hydrogen) atoms. The summed E-state index contributed by atoms with van der Waals surface area (Å²) in [4.78, 5) is 24.4. The molecule has 0 radical (unpaired) electrons. The number of aliphatic hydroxyl groups excluding tert-OH is 1. The van der Waals surface area contributed by atoms with Gasteiger partial charge in [0, 0.05) is 25.2 Å². The molecule has 1 saturated heterocycles. The summed E-state index contributed by atoms with van der Waals surface area (Å²) in [5, 5.41) is 19.9. The van der Waals surface area contributed by atoms with Gasteiger partial charge in [-0.25, -0.2) is 0 Å². The predicted octanol–water partition coefficient (Wildman–Crippen LogP) is 0.918. The van der Waals surface area contributed by atoms with Gasteiger partial charge in [0.25, 0.3) is 5.69 Å². The van der Waals surface area contributed by atoms with Crippen LogP contribution in [0.5, 0.6) is 0 Å². The van der Waals surface area contributed by atoms with E-state index in [-0.39, 0.29) is 24.3 Å². The molecule has 1 N–H and O–H groups in total. The first kappa shape index (κ1) is 15.4. The monoisotopic (exact) mass is 294 g/mol. The molecule has 7 heteroatoms. The molecule has 2 unspecified atom stereocenters. The Kier molecular flexibility index (Phi) is 4.87. The number of aliphatic hydroxyl groups is 1. The molecule has 1 aliphatic heterocycles. The zero-order chi connectivity index (χ0) is 15.4. The van der Waals surface area contributed by atoms with E-state index >= 15 is 0 Å². The first-order chi connectivity index (χ1) is 10.0. The lowest BCUT2D eigenvalue weighted by Crippen LogP contribution is -2.48. The van der Waals surface area contributed by atoms with Crippen LogP contribution in [0.4, 0.5) is 5.69 Å². The molecule has 7 nitrogen and oxygen atoms in total. The summed E-state index contributed by atoms with van der Waals surface area (Å²) in [6.45, 7) is 2.79. The molecule has 1 heterocycles. The average Bonchev–Trinajstić information content (AvgIpc) is 2.53. The van der Waals surface area contributed by atoms with Gasteiger partial charge in [0.15, 0.2) is 0 Å². The van der Waals surface area contributed by atoms with E-state index < -0.39 is 10.8 Å². The van der Waals surface area contributed by atoms with E-state index in [1.165, 1.54) is 12.1 Å². The summed E-state index contributed by atoms with van der Waals surface area (Å²) < 4.78 is 5.31. The van der Waals surface area contributed by atoms with Gasteiger partial charge in [-0.05, 0) is 12.5 Å². The smallest absolute Gasteiger partial charge is 0.269 e. The Morgan fingerprint density at radius 1 is 1.62 bits per heavy atom. The number of nitrogens with zero attached hydrogens (tertiary/aromatic N) is 2. The van der Waals surface area contributed by atoms with Crippen molar-refractivity contribution in [2.24, 2.45) is 0 Å². The van der Waals surface area contributed by atoms with E-state index in [0.29, 0.717) is 25.3 Å². The molecule has 1 amide bonds. The van der Waals surface area contributed by atoms with Crippen molar-refractivity contribution in [3.05, 3.63) is 39.9 Å². The Bertz CT molecular complexity index is 534. The van der Waals surface area contributed by atoms with Gasteiger partial charge >= 0.3 is 0 Å². The van der Waals surface area contributed by atoms with Crippen molar-refractivity contribution in [2.75, 3.05) is 26.3 Å². The molecular formula is C14H18N2O5. The molecule has 114 valence electrons. The van der Waals surface area contributed by atoms with Crippen LogP contribution in [0, 0.1) is 10.1 Å². The summed E-state index contributed by atoms with van der Waals surface area (Å²) in [6.07, 6.45) is -0.361. The third-order valence-corrected chi connectivity index (χ3v) is 3.61. The highest BCUT2D eigenvalue weighted by Gasteiger charge is 2.28. The maximum absolute atomic E-state index is 12.5. The van der Waals surface area contributed by atoms with Crippen molar-refractivity contribution in [2.45, 2.75) is 18.9 Å². The SMILES string of the molecule is CC(C(=O)N1CCOC(CO)C1)c1cccc([N+](=O)[O-])c1. The number of non-ortho nitro benzene ring substituents is 1. The van der Waals surface area contributed by atoms with Crippen LogP contribution in [0.1, 0.15) is 18.4 Å². The highest BCUT2D eigenvalue weighted by molar-refractivity contribution is 5.83. The van der Waals surface area contributed by atoms with E-state index in [1.807, 2.05) is 0 Å². The third kappa shape index (κ3) is 3.56. The highest BCUT2D eigenvalue weighted by atomic mass is 16.6. The highest BCUT2D eigenvalue weighted by Crippen LogP contribution is 2.23. The van der Waals surface area contributed by atoms with Gasteiger partial charge in [-0.1, -0.05) is 12.1 Å². The van der Waals surface area contributed by atoms with Crippen LogP contribution < -0.4 is 0 Å². The van der Waals surface area contributed by atoms with Gasteiger partial charge in [0.05, 0.1) is 30.2 Å². The van der Waals surface area contributed by atoms with Crippen molar-refractivity contribution in [1.82, 2.24) is 4.90 Å². The molecular weight excluding hydrogens is 276 g/mol. The molecule has 0 saturated carbocycles. The Labute approximate surface area is 122 Å². The molecule has 2 rings (SSSR count). The molecule has 1 fully saturated rings. The van der Waals surface area contributed by atoms with Crippen LogP contribution >= 0.6 is 0 Å². The Balaban J connectivity index is 2.11. The number of morpholine rings is 1. The zero-order valence-corrected chi connectivity index (χ0v) is 11.8. The summed E-state index contributed by atoms with van der Waals surface area (Å²) in [7, 11) is 0. The number of ether oxygens (including phenoxy) is 1. The lowest BCUT2D eigenvalue weighted by molar-refractivity contribution is -0.384.